The summed E-state index contributed by atoms with van der Waals surface area (Å²) in [6.07, 6.45) is 3.13. The van der Waals surface area contributed by atoms with Gasteiger partial charge in [0.25, 0.3) is 0 Å². The molecular formula is C26H21ClFN3O2S. The highest BCUT2D eigenvalue weighted by atomic mass is 35.5. The van der Waals surface area contributed by atoms with Crippen molar-refractivity contribution < 1.29 is 14.2 Å². The zero-order chi connectivity index (χ0) is 23.5. The van der Waals surface area contributed by atoms with Crippen molar-refractivity contribution >= 4 is 54.7 Å². The molecule has 0 bridgehead atoms. The van der Waals surface area contributed by atoms with E-state index in [1.165, 1.54) is 17.7 Å². The number of nitrogens with one attached hydrogen (secondary N) is 1. The molecule has 172 valence electrons. The molecule has 0 saturated carbocycles. The lowest BCUT2D eigenvalue weighted by atomic mass is 10.1. The van der Waals surface area contributed by atoms with Gasteiger partial charge in [0.2, 0.25) is 0 Å². The summed E-state index contributed by atoms with van der Waals surface area (Å²) in [5.74, 6) is 0.912. The maximum atomic E-state index is 13.4. The molecule has 0 saturated heterocycles. The van der Waals surface area contributed by atoms with Gasteiger partial charge in [-0.3, -0.25) is 0 Å². The Hall–Kier alpha value is -3.26. The van der Waals surface area contributed by atoms with Crippen molar-refractivity contribution in [3.63, 3.8) is 0 Å². The van der Waals surface area contributed by atoms with Crippen LogP contribution in [0, 0.1) is 5.82 Å². The van der Waals surface area contributed by atoms with Gasteiger partial charge in [-0.2, -0.15) is 0 Å². The van der Waals surface area contributed by atoms with Gasteiger partial charge in [-0.05, 0) is 60.4 Å². The van der Waals surface area contributed by atoms with Crippen LogP contribution < -0.4 is 10.1 Å². The van der Waals surface area contributed by atoms with Crippen LogP contribution >= 0.6 is 22.9 Å². The second kappa shape index (κ2) is 9.93. The van der Waals surface area contributed by atoms with Gasteiger partial charge in [-0.25, -0.2) is 14.4 Å². The van der Waals surface area contributed by atoms with Crippen LogP contribution in [0.15, 0.2) is 67.0 Å². The van der Waals surface area contributed by atoms with Crippen LogP contribution in [0.25, 0.3) is 20.3 Å². The lowest BCUT2D eigenvalue weighted by molar-refractivity contribution is 0.288. The minimum atomic E-state index is -0.301. The number of anilines is 2. The van der Waals surface area contributed by atoms with Crippen molar-refractivity contribution in [3.8, 4) is 5.75 Å². The van der Waals surface area contributed by atoms with Gasteiger partial charge in [0.1, 0.15) is 35.1 Å². The number of hydrogen-bond donors (Lipinski definition) is 2. The Morgan fingerprint density at radius 3 is 2.76 bits per heavy atom. The number of fused-ring (bicyclic) bond motifs is 3. The maximum absolute atomic E-state index is 13.4. The molecule has 0 spiro atoms. The molecule has 2 aromatic heterocycles. The van der Waals surface area contributed by atoms with Crippen molar-refractivity contribution in [1.29, 1.82) is 0 Å². The summed E-state index contributed by atoms with van der Waals surface area (Å²) < 4.78 is 20.3. The lowest BCUT2D eigenvalue weighted by Gasteiger charge is -2.11. The van der Waals surface area contributed by atoms with Crippen molar-refractivity contribution in [3.05, 3.63) is 89.0 Å². The van der Waals surface area contributed by atoms with E-state index in [1.807, 2.05) is 6.07 Å². The fourth-order valence-electron chi connectivity index (χ4n) is 3.81. The van der Waals surface area contributed by atoms with Gasteiger partial charge < -0.3 is 15.2 Å². The maximum Gasteiger partial charge on any atom is 0.143 e. The first-order valence-corrected chi connectivity index (χ1v) is 12.0. The normalized spacial score (nSPS) is 11.3. The van der Waals surface area contributed by atoms with E-state index >= 15 is 0 Å². The summed E-state index contributed by atoms with van der Waals surface area (Å²) in [7, 11) is 0. The van der Waals surface area contributed by atoms with Crippen LogP contribution in [-0.2, 0) is 13.0 Å². The molecule has 0 fully saturated rings. The van der Waals surface area contributed by atoms with Crippen molar-refractivity contribution in [1.82, 2.24) is 9.97 Å². The van der Waals surface area contributed by atoms with Crippen LogP contribution in [-0.4, -0.2) is 21.7 Å². The van der Waals surface area contributed by atoms with Gasteiger partial charge in [-0.1, -0.05) is 35.9 Å². The van der Waals surface area contributed by atoms with E-state index in [0.29, 0.717) is 16.6 Å². The zero-order valence-corrected chi connectivity index (χ0v) is 19.7. The number of thiophene rings is 1. The van der Waals surface area contributed by atoms with Crippen LogP contribution in [0.2, 0.25) is 5.02 Å². The van der Waals surface area contributed by atoms with E-state index in [0.717, 1.165) is 44.4 Å². The number of hydrogen-bond acceptors (Lipinski definition) is 6. The molecule has 0 aliphatic carbocycles. The van der Waals surface area contributed by atoms with E-state index in [-0.39, 0.29) is 19.0 Å². The first-order valence-electron chi connectivity index (χ1n) is 10.8. The van der Waals surface area contributed by atoms with Crippen molar-refractivity contribution in [2.75, 3.05) is 11.9 Å². The molecule has 2 heterocycles. The molecule has 0 radical (unpaired) electrons. The standard InChI is InChI=1S/C26H21ClFN3O2S/c27-21-13-19(7-9-22(21)33-14-17-3-1-5-18(28)11-17)31-25-24-20-8-6-16(4-2-10-32)12-23(20)34-26(24)30-15-29-25/h1,3,5-9,11-13,15,32H,2,4,10,14H2,(H,29,30,31). The minimum absolute atomic E-state index is 0.182. The van der Waals surface area contributed by atoms with Crippen LogP contribution in [0.4, 0.5) is 15.9 Å². The third-order valence-corrected chi connectivity index (χ3v) is 6.79. The number of halogens is 2. The smallest absolute Gasteiger partial charge is 0.143 e. The van der Waals surface area contributed by atoms with Crippen molar-refractivity contribution in [2.45, 2.75) is 19.4 Å². The Kier molecular flexibility index (Phi) is 6.58. The molecule has 5 nitrogen and oxygen atoms in total. The molecule has 0 atom stereocenters. The third kappa shape index (κ3) is 4.82. The largest absolute Gasteiger partial charge is 0.487 e. The molecule has 0 amide bonds. The number of nitrogens with zero attached hydrogens (tertiary/aromatic N) is 2. The molecule has 5 rings (SSSR count). The van der Waals surface area contributed by atoms with E-state index in [9.17, 15) is 4.39 Å². The molecule has 0 unspecified atom stereocenters. The monoisotopic (exact) mass is 493 g/mol. The average molecular weight is 494 g/mol. The van der Waals surface area contributed by atoms with Crippen molar-refractivity contribution in [2.24, 2.45) is 0 Å². The molecule has 2 N–H and O–H groups in total. The highest BCUT2D eigenvalue weighted by Crippen LogP contribution is 2.38. The highest BCUT2D eigenvalue weighted by molar-refractivity contribution is 7.25. The third-order valence-electron chi connectivity index (χ3n) is 5.44. The summed E-state index contributed by atoms with van der Waals surface area (Å²) in [5.41, 5.74) is 2.68. The van der Waals surface area contributed by atoms with Gasteiger partial charge in [0.05, 0.1) is 10.4 Å². The first kappa shape index (κ1) is 22.5. The van der Waals surface area contributed by atoms with Crippen LogP contribution in [0.5, 0.6) is 5.75 Å². The Balaban J connectivity index is 1.38. The number of aliphatic hydroxyl groups is 1. The Morgan fingerprint density at radius 1 is 1.03 bits per heavy atom. The number of aryl methyl sites for hydroxylation is 1. The summed E-state index contributed by atoms with van der Waals surface area (Å²) in [6, 6.07) is 18.0. The lowest BCUT2D eigenvalue weighted by Crippen LogP contribution is -1.98. The van der Waals surface area contributed by atoms with Crippen LogP contribution in [0.3, 0.4) is 0 Å². The SMILES string of the molecule is OCCCc1ccc2c(c1)sc1ncnc(Nc3ccc(OCc4cccc(F)c4)c(Cl)c3)c12. The van der Waals surface area contributed by atoms with E-state index in [1.54, 1.807) is 41.9 Å². The zero-order valence-electron chi connectivity index (χ0n) is 18.1. The Morgan fingerprint density at radius 2 is 1.94 bits per heavy atom. The number of aliphatic hydroxyl groups excluding tert-OH is 1. The van der Waals surface area contributed by atoms with E-state index in [2.05, 4.69) is 33.5 Å². The van der Waals surface area contributed by atoms with Gasteiger partial charge in [0, 0.05) is 22.4 Å². The van der Waals surface area contributed by atoms with Gasteiger partial charge in [-0.15, -0.1) is 11.3 Å². The summed E-state index contributed by atoms with van der Waals surface area (Å²) in [4.78, 5) is 9.83. The van der Waals surface area contributed by atoms with E-state index in [4.69, 9.17) is 21.4 Å². The number of rotatable bonds is 8. The Labute approximate surface area is 204 Å². The molecule has 0 aliphatic rings. The molecule has 3 aromatic carbocycles. The van der Waals surface area contributed by atoms with Gasteiger partial charge in [0.15, 0.2) is 0 Å². The molecule has 5 aromatic rings. The highest BCUT2D eigenvalue weighted by Gasteiger charge is 2.13. The fraction of sp³-hybridized carbons (Fsp3) is 0.154. The second-order valence-corrected chi connectivity index (χ2v) is 9.29. The Bertz CT molecular complexity index is 1470. The fourth-order valence-corrected chi connectivity index (χ4v) is 5.15. The quantitative estimate of drug-likeness (QED) is 0.246. The number of ether oxygens (including phenoxy) is 1. The molecule has 8 heteroatoms. The predicted molar refractivity (Wildman–Crippen MR) is 136 cm³/mol. The summed E-state index contributed by atoms with van der Waals surface area (Å²) in [6.45, 7) is 0.402. The average Bonchev–Trinajstić information content (AvgIpc) is 3.21. The first-order chi connectivity index (χ1) is 16.6. The molecular weight excluding hydrogens is 473 g/mol. The molecule has 0 aliphatic heterocycles. The van der Waals surface area contributed by atoms with Gasteiger partial charge >= 0.3 is 0 Å². The summed E-state index contributed by atoms with van der Waals surface area (Å²) in [5, 5.41) is 14.9. The number of aromatic nitrogens is 2. The predicted octanol–water partition coefficient (Wildman–Crippen LogP) is 6.88. The molecule has 34 heavy (non-hydrogen) atoms. The summed E-state index contributed by atoms with van der Waals surface area (Å²) >= 11 is 8.08. The topological polar surface area (TPSA) is 67.3 Å². The van der Waals surface area contributed by atoms with E-state index < -0.39 is 0 Å². The van der Waals surface area contributed by atoms with Crippen LogP contribution in [0.1, 0.15) is 17.5 Å². The second-order valence-electron chi connectivity index (χ2n) is 7.85. The number of benzene rings is 3. The minimum Gasteiger partial charge on any atom is -0.487 e.